The third kappa shape index (κ3) is 3.02. The zero-order chi connectivity index (χ0) is 15.0. The van der Waals surface area contributed by atoms with Crippen LogP contribution in [0.1, 0.15) is 43.2 Å². The molecule has 1 N–H and O–H groups in total. The Morgan fingerprint density at radius 2 is 2.10 bits per heavy atom. The fraction of sp³-hybridized carbons (Fsp3) is 0.647. The molecule has 1 fully saturated rings. The topological polar surface area (TPSA) is 54.4 Å². The number of fused-ring (bicyclic) bond motifs is 3. The lowest BCUT2D eigenvalue weighted by Crippen LogP contribution is -2.15. The monoisotopic (exact) mass is 308 g/mol. The summed E-state index contributed by atoms with van der Waals surface area (Å²) in [4.78, 5) is 0. The van der Waals surface area contributed by atoms with Crippen LogP contribution in [0, 0.1) is 11.8 Å². The lowest BCUT2D eigenvalue weighted by molar-refractivity contribution is 0.132. The molecule has 0 amide bonds. The number of sulfone groups is 1. The van der Waals surface area contributed by atoms with Crippen molar-refractivity contribution in [3.8, 4) is 0 Å². The summed E-state index contributed by atoms with van der Waals surface area (Å²) in [7, 11) is -2.91. The van der Waals surface area contributed by atoms with E-state index in [4.69, 9.17) is 0 Å². The lowest BCUT2D eigenvalue weighted by atomic mass is 9.92. The van der Waals surface area contributed by atoms with Crippen molar-refractivity contribution in [1.29, 1.82) is 0 Å². The van der Waals surface area contributed by atoms with Crippen molar-refractivity contribution < 1.29 is 13.5 Å². The molecule has 0 spiro atoms. The maximum Gasteiger partial charge on any atom is 0.150 e. The third-order valence-electron chi connectivity index (χ3n) is 5.23. The highest BCUT2D eigenvalue weighted by Gasteiger charge is 2.55. The molecular formula is C17H24O3S. The molecule has 3 rings (SSSR count). The van der Waals surface area contributed by atoms with E-state index < -0.39 is 9.84 Å². The standard InChI is InChI=1S/C17H24O3S/c1-2-21(19,20)11-5-8-15(18)17-14-10-9-12-6-3-4-7-13(12)16(14)17/h3-4,6-7,14-18H,2,5,8-11H2,1H3. The first-order valence-electron chi connectivity index (χ1n) is 8.00. The zero-order valence-electron chi connectivity index (χ0n) is 12.5. The summed E-state index contributed by atoms with van der Waals surface area (Å²) in [6, 6.07) is 8.56. The molecule has 0 aliphatic heterocycles. The Morgan fingerprint density at radius 1 is 1.33 bits per heavy atom. The predicted octanol–water partition coefficient (Wildman–Crippen LogP) is 2.54. The Labute approximate surface area is 127 Å². The van der Waals surface area contributed by atoms with E-state index in [0.717, 1.165) is 12.8 Å². The highest BCUT2D eigenvalue weighted by atomic mass is 32.2. The van der Waals surface area contributed by atoms with E-state index >= 15 is 0 Å². The van der Waals surface area contributed by atoms with Gasteiger partial charge in [-0.15, -0.1) is 0 Å². The first-order chi connectivity index (χ1) is 10.0. The smallest absolute Gasteiger partial charge is 0.150 e. The molecule has 3 nitrogen and oxygen atoms in total. The second kappa shape index (κ2) is 5.73. The van der Waals surface area contributed by atoms with Crippen LogP contribution in [0.3, 0.4) is 0 Å². The zero-order valence-corrected chi connectivity index (χ0v) is 13.3. The van der Waals surface area contributed by atoms with Crippen LogP contribution in [-0.2, 0) is 16.3 Å². The lowest BCUT2D eigenvalue weighted by Gasteiger charge is -2.13. The van der Waals surface area contributed by atoms with Crippen LogP contribution in [0.2, 0.25) is 0 Å². The van der Waals surface area contributed by atoms with Crippen molar-refractivity contribution in [3.05, 3.63) is 35.4 Å². The van der Waals surface area contributed by atoms with E-state index in [1.165, 1.54) is 11.1 Å². The van der Waals surface area contributed by atoms with Crippen LogP contribution >= 0.6 is 0 Å². The Kier molecular flexibility index (Phi) is 4.10. The van der Waals surface area contributed by atoms with Crippen LogP contribution in [-0.4, -0.2) is 31.1 Å². The molecule has 2 aliphatic rings. The third-order valence-corrected chi connectivity index (χ3v) is 7.02. The molecule has 21 heavy (non-hydrogen) atoms. The Hall–Kier alpha value is -0.870. The second-order valence-electron chi connectivity index (χ2n) is 6.45. The normalized spacial score (nSPS) is 28.6. The molecule has 1 aromatic carbocycles. The van der Waals surface area contributed by atoms with E-state index in [0.29, 0.717) is 30.6 Å². The Balaban J connectivity index is 1.58. The molecule has 4 unspecified atom stereocenters. The molecule has 0 aromatic heterocycles. The van der Waals surface area contributed by atoms with E-state index in [-0.39, 0.29) is 17.6 Å². The molecule has 0 heterocycles. The fourth-order valence-corrected chi connectivity index (χ4v) is 4.89. The molecular weight excluding hydrogens is 284 g/mol. The molecule has 4 atom stereocenters. The van der Waals surface area contributed by atoms with Crippen LogP contribution in [0.25, 0.3) is 0 Å². The number of benzene rings is 1. The van der Waals surface area contributed by atoms with E-state index in [1.807, 2.05) is 0 Å². The molecule has 0 bridgehead atoms. The van der Waals surface area contributed by atoms with Gasteiger partial charge in [-0.3, -0.25) is 0 Å². The highest BCUT2D eigenvalue weighted by Crippen LogP contribution is 2.61. The van der Waals surface area contributed by atoms with Gasteiger partial charge in [-0.05, 0) is 54.6 Å². The van der Waals surface area contributed by atoms with Crippen molar-refractivity contribution >= 4 is 9.84 Å². The summed E-state index contributed by atoms with van der Waals surface area (Å²) in [5, 5.41) is 10.4. The van der Waals surface area contributed by atoms with E-state index in [9.17, 15) is 13.5 Å². The summed E-state index contributed by atoms with van der Waals surface area (Å²) >= 11 is 0. The van der Waals surface area contributed by atoms with Gasteiger partial charge in [0, 0.05) is 5.75 Å². The number of aryl methyl sites for hydroxylation is 1. The van der Waals surface area contributed by atoms with Crippen LogP contribution in [0.15, 0.2) is 24.3 Å². The van der Waals surface area contributed by atoms with Crippen molar-refractivity contribution in [2.75, 3.05) is 11.5 Å². The van der Waals surface area contributed by atoms with Gasteiger partial charge in [0.15, 0.2) is 0 Å². The van der Waals surface area contributed by atoms with Crippen molar-refractivity contribution in [1.82, 2.24) is 0 Å². The quantitative estimate of drug-likeness (QED) is 0.878. The molecule has 1 saturated carbocycles. The van der Waals surface area contributed by atoms with Crippen molar-refractivity contribution in [3.63, 3.8) is 0 Å². The van der Waals surface area contributed by atoms with Gasteiger partial charge in [0.05, 0.1) is 11.9 Å². The van der Waals surface area contributed by atoms with Gasteiger partial charge < -0.3 is 5.11 Å². The number of hydrogen-bond donors (Lipinski definition) is 1. The van der Waals surface area contributed by atoms with E-state index in [2.05, 4.69) is 24.3 Å². The Bertz CT molecular complexity index is 608. The average molecular weight is 308 g/mol. The second-order valence-corrected chi connectivity index (χ2v) is 8.92. The minimum atomic E-state index is -2.91. The van der Waals surface area contributed by atoms with Gasteiger partial charge in [-0.1, -0.05) is 31.2 Å². The number of rotatable bonds is 6. The van der Waals surface area contributed by atoms with E-state index in [1.54, 1.807) is 6.92 Å². The van der Waals surface area contributed by atoms with Gasteiger partial charge >= 0.3 is 0 Å². The van der Waals surface area contributed by atoms with Crippen LogP contribution in [0.4, 0.5) is 0 Å². The van der Waals surface area contributed by atoms with Crippen LogP contribution in [0.5, 0.6) is 0 Å². The minimum Gasteiger partial charge on any atom is -0.393 e. The first kappa shape index (κ1) is 15.0. The van der Waals surface area contributed by atoms with Gasteiger partial charge in [-0.2, -0.15) is 0 Å². The summed E-state index contributed by atoms with van der Waals surface area (Å²) in [6.45, 7) is 1.68. The van der Waals surface area contributed by atoms with Gasteiger partial charge in [0.25, 0.3) is 0 Å². The summed E-state index contributed by atoms with van der Waals surface area (Å²) in [5.74, 6) is 1.87. The predicted molar refractivity (Wildman–Crippen MR) is 84.1 cm³/mol. The molecule has 116 valence electrons. The summed E-state index contributed by atoms with van der Waals surface area (Å²) in [5.41, 5.74) is 2.85. The molecule has 2 aliphatic carbocycles. The summed E-state index contributed by atoms with van der Waals surface area (Å²) in [6.07, 6.45) is 3.12. The van der Waals surface area contributed by atoms with Crippen molar-refractivity contribution in [2.45, 2.75) is 44.6 Å². The maximum absolute atomic E-state index is 11.5. The molecule has 1 aromatic rings. The number of hydrogen-bond acceptors (Lipinski definition) is 3. The Morgan fingerprint density at radius 3 is 2.86 bits per heavy atom. The first-order valence-corrected chi connectivity index (χ1v) is 9.82. The van der Waals surface area contributed by atoms with Gasteiger partial charge in [-0.25, -0.2) is 8.42 Å². The number of aliphatic hydroxyl groups excluding tert-OH is 1. The SMILES string of the molecule is CCS(=O)(=O)CCCC(O)C1C2CCc3ccccc3C21. The number of aliphatic hydroxyl groups is 1. The van der Waals surface area contributed by atoms with Crippen molar-refractivity contribution in [2.24, 2.45) is 11.8 Å². The van der Waals surface area contributed by atoms with Crippen LogP contribution < -0.4 is 0 Å². The maximum atomic E-state index is 11.5. The molecule has 4 heteroatoms. The molecule has 0 saturated heterocycles. The molecule has 0 radical (unpaired) electrons. The average Bonchev–Trinajstić information content (AvgIpc) is 3.22. The fourth-order valence-electron chi connectivity index (χ4n) is 3.99. The summed E-state index contributed by atoms with van der Waals surface area (Å²) < 4.78 is 23.0. The largest absolute Gasteiger partial charge is 0.393 e. The van der Waals surface area contributed by atoms with Gasteiger partial charge in [0.1, 0.15) is 9.84 Å². The highest BCUT2D eigenvalue weighted by molar-refractivity contribution is 7.91. The van der Waals surface area contributed by atoms with Gasteiger partial charge in [0.2, 0.25) is 0 Å². The minimum absolute atomic E-state index is 0.200.